The molecule has 1 aromatic heterocycles. The quantitative estimate of drug-likeness (QED) is 0.681. The highest BCUT2D eigenvalue weighted by Crippen LogP contribution is 2.21. The summed E-state index contributed by atoms with van der Waals surface area (Å²) in [6, 6.07) is 13.3. The van der Waals surface area contributed by atoms with E-state index >= 15 is 0 Å². The molecular weight excluding hydrogens is 264 g/mol. The van der Waals surface area contributed by atoms with Crippen LogP contribution in [0.5, 0.6) is 0 Å². The monoisotopic (exact) mass is 280 g/mol. The van der Waals surface area contributed by atoms with E-state index in [9.17, 15) is 4.79 Å². The molecule has 0 fully saturated rings. The number of rotatable bonds is 4. The predicted molar refractivity (Wildman–Crippen MR) is 83.8 cm³/mol. The van der Waals surface area contributed by atoms with Gasteiger partial charge in [0.1, 0.15) is 0 Å². The molecule has 2 aromatic carbocycles. The number of benzene rings is 2. The second-order valence-electron chi connectivity index (χ2n) is 5.04. The third-order valence-corrected chi connectivity index (χ3v) is 3.64. The van der Waals surface area contributed by atoms with Crippen LogP contribution in [0.1, 0.15) is 21.5 Å². The second-order valence-corrected chi connectivity index (χ2v) is 5.04. The summed E-state index contributed by atoms with van der Waals surface area (Å²) in [5.41, 5.74) is 4.45. The van der Waals surface area contributed by atoms with E-state index in [0.29, 0.717) is 12.1 Å². The van der Waals surface area contributed by atoms with Crippen molar-refractivity contribution < 1.29 is 9.90 Å². The molecule has 3 aromatic rings. The number of carbonyl (C=O) groups is 1. The van der Waals surface area contributed by atoms with Gasteiger partial charge in [0.05, 0.1) is 5.56 Å². The maximum atomic E-state index is 11.0. The molecule has 0 saturated heterocycles. The number of fused-ring (bicyclic) bond motifs is 1. The van der Waals surface area contributed by atoms with Crippen molar-refractivity contribution in [3.63, 3.8) is 0 Å². The number of H-pyrrole nitrogens is 1. The lowest BCUT2D eigenvalue weighted by Crippen LogP contribution is -2.04. The predicted octanol–water partition coefficient (Wildman–Crippen LogP) is 3.79. The van der Waals surface area contributed by atoms with Crippen LogP contribution in [0.2, 0.25) is 0 Å². The lowest BCUT2D eigenvalue weighted by molar-refractivity contribution is 0.0697. The van der Waals surface area contributed by atoms with Gasteiger partial charge in [-0.05, 0) is 42.3 Å². The lowest BCUT2D eigenvalue weighted by atomic mass is 10.1. The second kappa shape index (κ2) is 5.32. The van der Waals surface area contributed by atoms with Gasteiger partial charge < -0.3 is 15.4 Å². The normalized spacial score (nSPS) is 10.7. The summed E-state index contributed by atoms with van der Waals surface area (Å²) in [4.78, 5) is 14.2. The van der Waals surface area contributed by atoms with Crippen molar-refractivity contribution in [1.82, 2.24) is 4.98 Å². The highest BCUT2D eigenvalue weighted by molar-refractivity contribution is 5.89. The Morgan fingerprint density at radius 3 is 2.90 bits per heavy atom. The molecule has 0 aliphatic heterocycles. The van der Waals surface area contributed by atoms with Gasteiger partial charge in [-0.3, -0.25) is 0 Å². The minimum atomic E-state index is -0.911. The molecule has 0 aliphatic carbocycles. The van der Waals surface area contributed by atoms with E-state index in [2.05, 4.69) is 16.4 Å². The number of aromatic amines is 1. The summed E-state index contributed by atoms with van der Waals surface area (Å²) in [6.45, 7) is 2.62. The summed E-state index contributed by atoms with van der Waals surface area (Å²) in [5, 5.41) is 13.6. The maximum Gasteiger partial charge on any atom is 0.335 e. The molecule has 0 unspecified atom stereocenters. The molecule has 0 radical (unpaired) electrons. The van der Waals surface area contributed by atoms with Gasteiger partial charge in [0.2, 0.25) is 0 Å². The Bertz CT molecular complexity index is 805. The molecule has 1 heterocycles. The Hall–Kier alpha value is -2.75. The molecule has 4 heteroatoms. The van der Waals surface area contributed by atoms with E-state index in [0.717, 1.165) is 16.8 Å². The van der Waals surface area contributed by atoms with Crippen LogP contribution in [0.4, 0.5) is 5.69 Å². The molecule has 3 N–H and O–H groups in total. The van der Waals surface area contributed by atoms with E-state index in [-0.39, 0.29) is 0 Å². The standard InChI is InChI=1S/C17H16N2O2/c1-11-5-6-12(17(20)21)9-16(11)19-10-13-3-2-4-15-14(13)7-8-18-15/h2-9,18-19H,10H2,1H3,(H,20,21). The van der Waals surface area contributed by atoms with Crippen LogP contribution < -0.4 is 5.32 Å². The Kier molecular flexibility index (Phi) is 3.36. The molecule has 3 rings (SSSR count). The molecule has 106 valence electrons. The highest BCUT2D eigenvalue weighted by Gasteiger charge is 2.07. The van der Waals surface area contributed by atoms with E-state index in [4.69, 9.17) is 5.11 Å². The maximum absolute atomic E-state index is 11.0. The summed E-state index contributed by atoms with van der Waals surface area (Å²) in [5.74, 6) is -0.911. The number of hydrogen-bond donors (Lipinski definition) is 3. The van der Waals surface area contributed by atoms with E-state index in [1.54, 1.807) is 12.1 Å². The fourth-order valence-corrected chi connectivity index (χ4v) is 2.44. The minimum absolute atomic E-state index is 0.294. The molecular formula is C17H16N2O2. The number of nitrogens with one attached hydrogen (secondary N) is 2. The van der Waals surface area contributed by atoms with E-state index in [1.807, 2.05) is 37.4 Å². The first-order chi connectivity index (χ1) is 10.1. The summed E-state index contributed by atoms with van der Waals surface area (Å²) < 4.78 is 0. The molecule has 0 bridgehead atoms. The van der Waals surface area contributed by atoms with Gasteiger partial charge >= 0.3 is 5.97 Å². The van der Waals surface area contributed by atoms with Gasteiger partial charge in [0.15, 0.2) is 0 Å². The SMILES string of the molecule is Cc1ccc(C(=O)O)cc1NCc1cccc2[nH]ccc12. The van der Waals surface area contributed by atoms with Gasteiger partial charge in [0.25, 0.3) is 0 Å². The average molecular weight is 280 g/mol. The van der Waals surface area contributed by atoms with Gasteiger partial charge in [-0.2, -0.15) is 0 Å². The fourth-order valence-electron chi connectivity index (χ4n) is 2.44. The Morgan fingerprint density at radius 2 is 2.10 bits per heavy atom. The van der Waals surface area contributed by atoms with Gasteiger partial charge in [-0.25, -0.2) is 4.79 Å². The van der Waals surface area contributed by atoms with Crippen LogP contribution in [-0.4, -0.2) is 16.1 Å². The topological polar surface area (TPSA) is 65.1 Å². The van der Waals surface area contributed by atoms with Crippen LogP contribution in [0.3, 0.4) is 0 Å². The first-order valence-electron chi connectivity index (χ1n) is 6.78. The highest BCUT2D eigenvalue weighted by atomic mass is 16.4. The molecule has 0 saturated carbocycles. The van der Waals surface area contributed by atoms with Gasteiger partial charge in [-0.15, -0.1) is 0 Å². The molecule has 0 atom stereocenters. The van der Waals surface area contributed by atoms with Crippen molar-refractivity contribution in [1.29, 1.82) is 0 Å². The van der Waals surface area contributed by atoms with Crippen LogP contribution in [0.25, 0.3) is 10.9 Å². The summed E-state index contributed by atoms with van der Waals surface area (Å²) in [7, 11) is 0. The number of aromatic carboxylic acids is 1. The lowest BCUT2D eigenvalue weighted by Gasteiger charge is -2.11. The van der Waals surface area contributed by atoms with Crippen molar-refractivity contribution in [2.24, 2.45) is 0 Å². The number of aromatic nitrogens is 1. The van der Waals surface area contributed by atoms with Crippen molar-refractivity contribution in [3.8, 4) is 0 Å². The van der Waals surface area contributed by atoms with Crippen LogP contribution in [-0.2, 0) is 6.54 Å². The smallest absolute Gasteiger partial charge is 0.335 e. The van der Waals surface area contributed by atoms with Crippen LogP contribution in [0, 0.1) is 6.92 Å². The number of hydrogen-bond acceptors (Lipinski definition) is 2. The van der Waals surface area contributed by atoms with E-state index in [1.165, 1.54) is 10.9 Å². The summed E-state index contributed by atoms with van der Waals surface area (Å²) in [6.07, 6.45) is 1.92. The molecule has 4 nitrogen and oxygen atoms in total. The van der Waals surface area contributed by atoms with Crippen molar-refractivity contribution in [2.75, 3.05) is 5.32 Å². The van der Waals surface area contributed by atoms with Gasteiger partial charge in [0, 0.05) is 29.3 Å². The third kappa shape index (κ3) is 2.60. The Labute approximate surface area is 122 Å². The first kappa shape index (κ1) is 13.2. The number of anilines is 1. The summed E-state index contributed by atoms with van der Waals surface area (Å²) >= 11 is 0. The fraction of sp³-hybridized carbons (Fsp3) is 0.118. The molecule has 0 aliphatic rings. The zero-order valence-corrected chi connectivity index (χ0v) is 11.7. The minimum Gasteiger partial charge on any atom is -0.478 e. The van der Waals surface area contributed by atoms with Gasteiger partial charge in [-0.1, -0.05) is 18.2 Å². The largest absolute Gasteiger partial charge is 0.478 e. The van der Waals surface area contributed by atoms with Crippen molar-refractivity contribution in [3.05, 3.63) is 65.4 Å². The van der Waals surface area contributed by atoms with Crippen LogP contribution >= 0.6 is 0 Å². The van der Waals surface area contributed by atoms with Crippen molar-refractivity contribution >= 4 is 22.6 Å². The Morgan fingerprint density at radius 1 is 1.24 bits per heavy atom. The third-order valence-electron chi connectivity index (χ3n) is 3.64. The Balaban J connectivity index is 1.86. The number of aryl methyl sites for hydroxylation is 1. The van der Waals surface area contributed by atoms with Crippen LogP contribution in [0.15, 0.2) is 48.7 Å². The van der Waals surface area contributed by atoms with Crippen molar-refractivity contribution in [2.45, 2.75) is 13.5 Å². The number of carboxylic acids is 1. The zero-order valence-electron chi connectivity index (χ0n) is 11.7. The zero-order chi connectivity index (χ0) is 14.8. The first-order valence-corrected chi connectivity index (χ1v) is 6.78. The average Bonchev–Trinajstić information content (AvgIpc) is 2.95. The number of carboxylic acid groups (broad SMARTS) is 1. The molecule has 0 spiro atoms. The molecule has 21 heavy (non-hydrogen) atoms. The molecule has 0 amide bonds. The van der Waals surface area contributed by atoms with E-state index < -0.39 is 5.97 Å².